The van der Waals surface area contributed by atoms with Crippen LogP contribution in [0.1, 0.15) is 13.8 Å². The minimum absolute atomic E-state index is 0.118. The largest absolute Gasteiger partial charge is 0.362 e. The summed E-state index contributed by atoms with van der Waals surface area (Å²) in [5.74, 6) is 0. The molecular formula is C13H22N6O. The van der Waals surface area contributed by atoms with Crippen LogP contribution < -0.4 is 0 Å². The molecule has 2 aliphatic heterocycles. The summed E-state index contributed by atoms with van der Waals surface area (Å²) in [5.41, 5.74) is 0. The zero-order valence-electron chi connectivity index (χ0n) is 12.1. The Morgan fingerprint density at radius 1 is 1.10 bits per heavy atom. The molecule has 0 aliphatic carbocycles. The molecule has 0 spiro atoms. The Morgan fingerprint density at radius 3 is 2.25 bits per heavy atom. The fourth-order valence-electron chi connectivity index (χ4n) is 2.90. The van der Waals surface area contributed by atoms with E-state index in [2.05, 4.69) is 33.8 Å². The first-order valence-electron chi connectivity index (χ1n) is 7.29. The lowest BCUT2D eigenvalue weighted by atomic mass is 10.1. The summed E-state index contributed by atoms with van der Waals surface area (Å²) in [6.45, 7) is 10.5. The van der Waals surface area contributed by atoms with Crippen molar-refractivity contribution in [3.05, 3.63) is 12.4 Å². The van der Waals surface area contributed by atoms with Gasteiger partial charge in [0.1, 0.15) is 0 Å². The van der Waals surface area contributed by atoms with Crippen molar-refractivity contribution < 1.29 is 4.79 Å². The van der Waals surface area contributed by atoms with Crippen LogP contribution in [0.2, 0.25) is 0 Å². The van der Waals surface area contributed by atoms with Gasteiger partial charge >= 0.3 is 6.03 Å². The first-order valence-corrected chi connectivity index (χ1v) is 7.29. The van der Waals surface area contributed by atoms with Crippen molar-refractivity contribution in [3.63, 3.8) is 0 Å². The van der Waals surface area contributed by atoms with Crippen molar-refractivity contribution in [2.45, 2.75) is 25.9 Å². The fraction of sp³-hybridized carbons (Fsp3) is 0.769. The molecule has 0 aromatic carbocycles. The second kappa shape index (κ2) is 5.49. The highest BCUT2D eigenvalue weighted by Crippen LogP contribution is 2.18. The van der Waals surface area contributed by atoms with Gasteiger partial charge in [0.15, 0.2) is 0 Å². The zero-order chi connectivity index (χ0) is 14.1. The molecule has 0 N–H and O–H groups in total. The number of hydrogen-bond donors (Lipinski definition) is 0. The highest BCUT2D eigenvalue weighted by atomic mass is 16.2. The summed E-state index contributed by atoms with van der Waals surface area (Å²) in [5, 5.41) is 7.76. The second-order valence-electron chi connectivity index (χ2n) is 5.83. The Balaban J connectivity index is 1.46. The molecule has 7 nitrogen and oxygen atoms in total. The lowest BCUT2D eigenvalue weighted by Gasteiger charge is -2.48. The van der Waals surface area contributed by atoms with E-state index in [0.29, 0.717) is 12.1 Å². The Bertz CT molecular complexity index is 445. The van der Waals surface area contributed by atoms with Gasteiger partial charge in [-0.25, -0.2) is 4.79 Å². The highest BCUT2D eigenvalue weighted by molar-refractivity contribution is 5.75. The van der Waals surface area contributed by atoms with Crippen LogP contribution in [0.5, 0.6) is 0 Å². The maximum absolute atomic E-state index is 12.0. The van der Waals surface area contributed by atoms with E-state index < -0.39 is 0 Å². The van der Waals surface area contributed by atoms with E-state index >= 15 is 0 Å². The summed E-state index contributed by atoms with van der Waals surface area (Å²) >= 11 is 0. The Hall–Kier alpha value is -1.47. The van der Waals surface area contributed by atoms with E-state index in [9.17, 15) is 4.79 Å². The number of piperazine rings is 1. The number of nitrogens with zero attached hydrogens (tertiary/aromatic N) is 6. The van der Waals surface area contributed by atoms with Crippen LogP contribution in [-0.2, 0) is 0 Å². The minimum atomic E-state index is -0.118. The third kappa shape index (κ3) is 2.55. The molecule has 110 valence electrons. The number of likely N-dealkylation sites (tertiary alicyclic amines) is 1. The second-order valence-corrected chi connectivity index (χ2v) is 5.83. The van der Waals surface area contributed by atoms with Gasteiger partial charge in [-0.2, -0.15) is 10.2 Å². The topological polar surface area (TPSA) is 57.5 Å². The molecule has 7 heteroatoms. The van der Waals surface area contributed by atoms with E-state index in [1.807, 2.05) is 0 Å². The van der Waals surface area contributed by atoms with Crippen LogP contribution in [0, 0.1) is 0 Å². The maximum Gasteiger partial charge on any atom is 0.362 e. The van der Waals surface area contributed by atoms with Gasteiger partial charge < -0.3 is 4.90 Å². The van der Waals surface area contributed by atoms with Crippen LogP contribution in [-0.4, -0.2) is 87.1 Å². The molecule has 0 radical (unpaired) electrons. The van der Waals surface area contributed by atoms with Crippen molar-refractivity contribution in [1.29, 1.82) is 0 Å². The Labute approximate surface area is 119 Å². The van der Waals surface area contributed by atoms with Gasteiger partial charge in [0.25, 0.3) is 0 Å². The summed E-state index contributed by atoms with van der Waals surface area (Å²) in [6.07, 6.45) is 3.06. The molecule has 0 unspecified atom stereocenters. The molecule has 1 amide bonds. The van der Waals surface area contributed by atoms with Gasteiger partial charge in [0.2, 0.25) is 0 Å². The number of aromatic nitrogens is 3. The van der Waals surface area contributed by atoms with E-state index in [0.717, 1.165) is 44.1 Å². The third-order valence-corrected chi connectivity index (χ3v) is 4.32. The predicted octanol–water partition coefficient (Wildman–Crippen LogP) is -0.0436. The number of hydrogen-bond acceptors (Lipinski definition) is 5. The number of rotatable bonds is 2. The standard InChI is InChI=1S/C13H22N6O/c1-11(2)16-5-7-17(8-6-16)12-9-18(10-12)13(20)19-14-3-4-15-19/h3-4,11-12H,5-10H2,1-2H3. The molecule has 20 heavy (non-hydrogen) atoms. The summed E-state index contributed by atoms with van der Waals surface area (Å²) in [4.78, 5) is 20.0. The average molecular weight is 278 g/mol. The molecule has 2 saturated heterocycles. The van der Waals surface area contributed by atoms with Crippen molar-refractivity contribution >= 4 is 6.03 Å². The van der Waals surface area contributed by atoms with Gasteiger partial charge in [-0.15, -0.1) is 0 Å². The normalized spacial score (nSPS) is 22.2. The maximum atomic E-state index is 12.0. The zero-order valence-corrected chi connectivity index (χ0v) is 12.1. The van der Waals surface area contributed by atoms with Gasteiger partial charge in [-0.05, 0) is 13.8 Å². The van der Waals surface area contributed by atoms with Crippen LogP contribution in [0.25, 0.3) is 0 Å². The van der Waals surface area contributed by atoms with Gasteiger partial charge in [-0.1, -0.05) is 4.80 Å². The fourth-order valence-corrected chi connectivity index (χ4v) is 2.90. The molecule has 0 atom stereocenters. The van der Waals surface area contributed by atoms with Crippen LogP contribution in [0.4, 0.5) is 4.79 Å². The van der Waals surface area contributed by atoms with Crippen molar-refractivity contribution in [1.82, 2.24) is 29.7 Å². The monoisotopic (exact) mass is 278 g/mol. The molecule has 3 rings (SSSR count). The highest BCUT2D eigenvalue weighted by Gasteiger charge is 2.37. The third-order valence-electron chi connectivity index (χ3n) is 4.32. The van der Waals surface area contributed by atoms with Crippen molar-refractivity contribution in [3.8, 4) is 0 Å². The first-order chi connectivity index (χ1) is 9.65. The summed E-state index contributed by atoms with van der Waals surface area (Å²) in [6, 6.07) is 1.01. The smallest absolute Gasteiger partial charge is 0.318 e. The minimum Gasteiger partial charge on any atom is -0.318 e. The van der Waals surface area contributed by atoms with Crippen LogP contribution in [0.15, 0.2) is 12.4 Å². The van der Waals surface area contributed by atoms with Gasteiger partial charge in [0.05, 0.1) is 12.4 Å². The molecule has 1 aromatic rings. The van der Waals surface area contributed by atoms with E-state index in [1.54, 1.807) is 4.90 Å². The molecule has 1 aromatic heterocycles. The lowest BCUT2D eigenvalue weighted by molar-refractivity contribution is 0.0153. The summed E-state index contributed by atoms with van der Waals surface area (Å²) < 4.78 is 0. The molecule has 0 saturated carbocycles. The number of amides is 1. The van der Waals surface area contributed by atoms with Gasteiger partial charge in [-0.3, -0.25) is 9.80 Å². The molecule has 2 fully saturated rings. The van der Waals surface area contributed by atoms with E-state index in [-0.39, 0.29) is 6.03 Å². The van der Waals surface area contributed by atoms with Crippen molar-refractivity contribution in [2.24, 2.45) is 0 Å². The average Bonchev–Trinajstić information content (AvgIpc) is 2.91. The summed E-state index contributed by atoms with van der Waals surface area (Å²) in [7, 11) is 0. The number of carbonyl (C=O) groups excluding carboxylic acids is 1. The molecule has 0 bridgehead atoms. The molecular weight excluding hydrogens is 256 g/mol. The van der Waals surface area contributed by atoms with E-state index in [1.165, 1.54) is 12.4 Å². The SMILES string of the molecule is CC(C)N1CCN(C2CN(C(=O)n3nccn3)C2)CC1. The predicted molar refractivity (Wildman–Crippen MR) is 74.5 cm³/mol. The Morgan fingerprint density at radius 2 is 1.70 bits per heavy atom. The van der Waals surface area contributed by atoms with Gasteiger partial charge in [0, 0.05) is 51.4 Å². The first kappa shape index (κ1) is 13.5. The molecule has 2 aliphatic rings. The Kier molecular flexibility index (Phi) is 3.71. The van der Waals surface area contributed by atoms with E-state index in [4.69, 9.17) is 0 Å². The quantitative estimate of drug-likeness (QED) is 0.759. The van der Waals surface area contributed by atoms with Crippen LogP contribution >= 0.6 is 0 Å². The van der Waals surface area contributed by atoms with Crippen LogP contribution in [0.3, 0.4) is 0 Å². The lowest BCUT2D eigenvalue weighted by Crippen LogP contribution is -2.65. The van der Waals surface area contributed by atoms with Crippen molar-refractivity contribution in [2.75, 3.05) is 39.3 Å². The molecule has 3 heterocycles. The number of carbonyl (C=O) groups is 1.